The fourth-order valence-electron chi connectivity index (χ4n) is 2.71. The molecule has 0 aromatic heterocycles. The monoisotopic (exact) mass is 422 g/mol. The Labute approximate surface area is 169 Å². The molecule has 3 rings (SSSR count). The second kappa shape index (κ2) is 9.12. The maximum Gasteiger partial charge on any atom is 0.255 e. The Morgan fingerprint density at radius 1 is 1.07 bits per heavy atom. The molecule has 0 aliphatic carbocycles. The number of sulfonamides is 1. The normalized spacial score (nSPS) is 13.0. The summed E-state index contributed by atoms with van der Waals surface area (Å²) in [5.74, 6) is 0.798. The van der Waals surface area contributed by atoms with Crippen molar-refractivity contribution in [3.8, 4) is 17.2 Å². The van der Waals surface area contributed by atoms with Crippen LogP contribution in [-0.4, -0.2) is 54.9 Å². The van der Waals surface area contributed by atoms with Gasteiger partial charge in [-0.15, -0.1) is 0 Å². The average Bonchev–Trinajstić information content (AvgIpc) is 2.73. The molecule has 0 atom stereocenters. The van der Waals surface area contributed by atoms with Crippen molar-refractivity contribution in [3.05, 3.63) is 42.0 Å². The molecule has 2 aromatic rings. The zero-order chi connectivity index (χ0) is 20.9. The molecule has 1 amide bonds. The molecule has 2 aromatic carbocycles. The molecule has 1 aliphatic rings. The summed E-state index contributed by atoms with van der Waals surface area (Å²) in [5.41, 5.74) is 0.658. The van der Waals surface area contributed by atoms with E-state index in [0.29, 0.717) is 30.4 Å². The number of hydrogen-bond acceptors (Lipinski definition) is 7. The average molecular weight is 422 g/mol. The van der Waals surface area contributed by atoms with Gasteiger partial charge in [0.2, 0.25) is 10.0 Å². The fraction of sp³-hybridized carbons (Fsp3) is 0.316. The largest absolute Gasteiger partial charge is 0.495 e. The third-order valence-corrected chi connectivity index (χ3v) is 5.60. The van der Waals surface area contributed by atoms with Crippen molar-refractivity contribution >= 4 is 21.6 Å². The van der Waals surface area contributed by atoms with Gasteiger partial charge in [-0.1, -0.05) is 0 Å². The van der Waals surface area contributed by atoms with Gasteiger partial charge in [0, 0.05) is 31.0 Å². The number of hydrogen-bond donors (Lipinski definition) is 2. The minimum Gasteiger partial charge on any atom is -0.495 e. The summed E-state index contributed by atoms with van der Waals surface area (Å²) in [5, 5.41) is 2.73. The summed E-state index contributed by atoms with van der Waals surface area (Å²) in [4.78, 5) is 12.5. The number of fused-ring (bicyclic) bond motifs is 1. The van der Waals surface area contributed by atoms with Gasteiger partial charge in [-0.25, -0.2) is 13.1 Å². The number of nitrogens with one attached hydrogen (secondary N) is 2. The van der Waals surface area contributed by atoms with Crippen LogP contribution in [0.25, 0.3) is 0 Å². The van der Waals surface area contributed by atoms with Crippen molar-refractivity contribution < 1.29 is 32.2 Å². The first-order valence-corrected chi connectivity index (χ1v) is 10.3. The molecule has 0 radical (unpaired) electrons. The van der Waals surface area contributed by atoms with E-state index in [9.17, 15) is 13.2 Å². The third kappa shape index (κ3) is 4.97. The lowest BCUT2D eigenvalue weighted by atomic mass is 10.2. The maximum absolute atomic E-state index is 12.7. The van der Waals surface area contributed by atoms with Crippen LogP contribution in [0.3, 0.4) is 0 Å². The molecule has 0 fully saturated rings. The quantitative estimate of drug-likeness (QED) is 0.622. The van der Waals surface area contributed by atoms with Crippen molar-refractivity contribution in [3.63, 3.8) is 0 Å². The number of carbonyl (C=O) groups is 1. The number of rotatable bonds is 8. The molecule has 1 heterocycles. The van der Waals surface area contributed by atoms with Gasteiger partial charge in [-0.3, -0.25) is 4.79 Å². The van der Waals surface area contributed by atoms with Gasteiger partial charge >= 0.3 is 0 Å². The highest BCUT2D eigenvalue weighted by Gasteiger charge is 2.22. The van der Waals surface area contributed by atoms with Gasteiger partial charge in [-0.05, 0) is 30.3 Å². The summed E-state index contributed by atoms with van der Waals surface area (Å²) in [6.45, 7) is 1.21. The molecule has 1 aliphatic heterocycles. The second-order valence-corrected chi connectivity index (χ2v) is 7.80. The minimum atomic E-state index is -3.89. The van der Waals surface area contributed by atoms with Gasteiger partial charge in [-0.2, -0.15) is 0 Å². The Morgan fingerprint density at radius 2 is 1.83 bits per heavy atom. The molecule has 10 heteroatoms. The molecule has 2 N–H and O–H groups in total. The molecule has 156 valence electrons. The molecular weight excluding hydrogens is 400 g/mol. The van der Waals surface area contributed by atoms with Crippen molar-refractivity contribution in [2.75, 3.05) is 45.9 Å². The first kappa shape index (κ1) is 20.9. The molecule has 0 unspecified atom stereocenters. The SMILES string of the molecule is COCCNS(=O)(=O)c1cc(C(=O)Nc2ccc3c(c2)OCCO3)ccc1OC. The molecular formula is C19H22N2O7S. The van der Waals surface area contributed by atoms with Crippen LogP contribution in [0, 0.1) is 0 Å². The smallest absolute Gasteiger partial charge is 0.255 e. The van der Waals surface area contributed by atoms with Gasteiger partial charge in [0.15, 0.2) is 11.5 Å². The molecule has 0 bridgehead atoms. The zero-order valence-electron chi connectivity index (χ0n) is 16.1. The van der Waals surface area contributed by atoms with Crippen molar-refractivity contribution in [2.45, 2.75) is 4.90 Å². The Kier molecular flexibility index (Phi) is 6.57. The number of carbonyl (C=O) groups excluding carboxylic acids is 1. The first-order valence-electron chi connectivity index (χ1n) is 8.82. The first-order chi connectivity index (χ1) is 13.9. The van der Waals surface area contributed by atoms with E-state index in [4.69, 9.17) is 18.9 Å². The predicted octanol–water partition coefficient (Wildman–Crippen LogP) is 1.64. The Morgan fingerprint density at radius 3 is 2.55 bits per heavy atom. The van der Waals surface area contributed by atoms with Crippen LogP contribution in [0.15, 0.2) is 41.3 Å². The van der Waals surface area contributed by atoms with Crippen LogP contribution in [0.5, 0.6) is 17.2 Å². The van der Waals surface area contributed by atoms with Crippen molar-refractivity contribution in [1.29, 1.82) is 0 Å². The van der Waals surface area contributed by atoms with E-state index in [1.807, 2.05) is 0 Å². The second-order valence-electron chi connectivity index (χ2n) is 6.07. The van der Waals surface area contributed by atoms with E-state index >= 15 is 0 Å². The third-order valence-electron chi connectivity index (χ3n) is 4.11. The summed E-state index contributed by atoms with van der Waals surface area (Å²) in [7, 11) is -1.06. The number of benzene rings is 2. The van der Waals surface area contributed by atoms with Crippen LogP contribution < -0.4 is 24.2 Å². The van der Waals surface area contributed by atoms with E-state index in [1.165, 1.54) is 32.4 Å². The standard InChI is InChI=1S/C19H22N2O7S/c1-25-8-7-20-29(23,24)18-11-13(3-5-16(18)26-2)19(22)21-14-4-6-15-17(12-14)28-10-9-27-15/h3-6,11-12,20H,7-10H2,1-2H3,(H,21,22). The molecule has 0 spiro atoms. The summed E-state index contributed by atoms with van der Waals surface area (Å²) in [6.07, 6.45) is 0. The zero-order valence-corrected chi connectivity index (χ0v) is 16.9. The Balaban J connectivity index is 1.82. The van der Waals surface area contributed by atoms with Gasteiger partial charge in [0.05, 0.1) is 13.7 Å². The van der Waals surface area contributed by atoms with Crippen LogP contribution in [0.2, 0.25) is 0 Å². The minimum absolute atomic E-state index is 0.0929. The lowest BCUT2D eigenvalue weighted by Gasteiger charge is -2.19. The van der Waals surface area contributed by atoms with Gasteiger partial charge in [0.25, 0.3) is 5.91 Å². The molecule has 29 heavy (non-hydrogen) atoms. The molecule has 9 nitrogen and oxygen atoms in total. The Hall–Kier alpha value is -2.82. The van der Waals surface area contributed by atoms with E-state index in [1.54, 1.807) is 18.2 Å². The number of methoxy groups -OCH3 is 2. The van der Waals surface area contributed by atoms with E-state index in [0.717, 1.165) is 0 Å². The molecule has 0 saturated carbocycles. The topological polar surface area (TPSA) is 112 Å². The molecule has 0 saturated heterocycles. The maximum atomic E-state index is 12.7. The Bertz CT molecular complexity index is 992. The predicted molar refractivity (Wildman–Crippen MR) is 105 cm³/mol. The lowest BCUT2D eigenvalue weighted by molar-refractivity contribution is 0.102. The number of amides is 1. The van der Waals surface area contributed by atoms with Gasteiger partial charge < -0.3 is 24.3 Å². The van der Waals surface area contributed by atoms with Crippen molar-refractivity contribution in [2.24, 2.45) is 0 Å². The highest BCUT2D eigenvalue weighted by Crippen LogP contribution is 2.33. The number of anilines is 1. The van der Waals surface area contributed by atoms with E-state index in [2.05, 4.69) is 10.0 Å². The van der Waals surface area contributed by atoms with Crippen LogP contribution >= 0.6 is 0 Å². The van der Waals surface area contributed by atoms with Crippen molar-refractivity contribution in [1.82, 2.24) is 4.72 Å². The summed E-state index contributed by atoms with van der Waals surface area (Å²) < 4.78 is 48.5. The van der Waals surface area contributed by atoms with Crippen LogP contribution in [0.1, 0.15) is 10.4 Å². The number of ether oxygens (including phenoxy) is 4. The van der Waals surface area contributed by atoms with Crippen LogP contribution in [0.4, 0.5) is 5.69 Å². The van der Waals surface area contributed by atoms with E-state index in [-0.39, 0.29) is 29.4 Å². The highest BCUT2D eigenvalue weighted by molar-refractivity contribution is 7.89. The fourth-order valence-corrected chi connectivity index (χ4v) is 3.91. The summed E-state index contributed by atoms with van der Waals surface area (Å²) >= 11 is 0. The summed E-state index contributed by atoms with van der Waals surface area (Å²) in [6, 6.07) is 9.22. The van der Waals surface area contributed by atoms with E-state index < -0.39 is 15.9 Å². The van der Waals surface area contributed by atoms with Crippen LogP contribution in [-0.2, 0) is 14.8 Å². The highest BCUT2D eigenvalue weighted by atomic mass is 32.2. The lowest BCUT2D eigenvalue weighted by Crippen LogP contribution is -2.28. The van der Waals surface area contributed by atoms with Gasteiger partial charge in [0.1, 0.15) is 23.9 Å².